The molecule has 116 valence electrons. The average Bonchev–Trinajstić information content (AvgIpc) is 2.42. The van der Waals surface area contributed by atoms with Gasteiger partial charge in [-0.25, -0.2) is 4.79 Å². The van der Waals surface area contributed by atoms with E-state index in [4.69, 9.17) is 9.47 Å². The molecule has 0 heterocycles. The maximum absolute atomic E-state index is 11.6. The molecule has 1 rings (SSSR count). The second-order valence-corrected chi connectivity index (χ2v) is 5.67. The number of ether oxygens (including phenoxy) is 2. The van der Waals surface area contributed by atoms with Crippen LogP contribution < -0.4 is 5.32 Å². The largest absolute Gasteiger partial charge is 0.454 e. The summed E-state index contributed by atoms with van der Waals surface area (Å²) >= 11 is 0. The lowest BCUT2D eigenvalue weighted by molar-refractivity contribution is -0.151. The molecule has 0 aliphatic carbocycles. The van der Waals surface area contributed by atoms with E-state index in [0.717, 1.165) is 0 Å². The number of nitrogens with one attached hydrogen (secondary N) is 1. The van der Waals surface area contributed by atoms with Crippen molar-refractivity contribution < 1.29 is 19.1 Å². The van der Waals surface area contributed by atoms with Crippen LogP contribution in [0.15, 0.2) is 24.3 Å². The van der Waals surface area contributed by atoms with Gasteiger partial charge in [-0.05, 0) is 30.0 Å². The topological polar surface area (TPSA) is 64.6 Å². The van der Waals surface area contributed by atoms with Crippen LogP contribution in [0.5, 0.6) is 0 Å². The molecule has 0 bridgehead atoms. The summed E-state index contributed by atoms with van der Waals surface area (Å²) in [5.74, 6) is -0.918. The van der Waals surface area contributed by atoms with E-state index in [-0.39, 0.29) is 24.5 Å². The molecule has 5 heteroatoms. The maximum Gasteiger partial charge on any atom is 0.332 e. The van der Waals surface area contributed by atoms with Crippen molar-refractivity contribution in [3.05, 3.63) is 29.8 Å². The van der Waals surface area contributed by atoms with Crippen LogP contribution in [0, 0.1) is 0 Å². The summed E-state index contributed by atoms with van der Waals surface area (Å²) in [7, 11) is 0. The van der Waals surface area contributed by atoms with Crippen LogP contribution in [0.25, 0.3) is 0 Å². The first-order valence-electron chi connectivity index (χ1n) is 6.96. The minimum absolute atomic E-state index is 0.0668. The first kappa shape index (κ1) is 17.2. The van der Waals surface area contributed by atoms with E-state index in [1.807, 2.05) is 24.3 Å². The highest BCUT2D eigenvalue weighted by Crippen LogP contribution is 2.23. The second kappa shape index (κ2) is 7.78. The van der Waals surface area contributed by atoms with Crippen molar-refractivity contribution in [2.45, 2.75) is 33.1 Å². The number of amides is 1. The fraction of sp³-hybridized carbons (Fsp3) is 0.500. The Kier molecular flexibility index (Phi) is 6.37. The molecule has 1 N–H and O–H groups in total. The molecule has 0 radical (unpaired) electrons. The minimum Gasteiger partial charge on any atom is -0.454 e. The van der Waals surface area contributed by atoms with Crippen LogP contribution >= 0.6 is 0 Å². The lowest BCUT2D eigenvalue weighted by Gasteiger charge is -2.19. The van der Waals surface area contributed by atoms with E-state index in [2.05, 4.69) is 26.1 Å². The van der Waals surface area contributed by atoms with Gasteiger partial charge in [0.25, 0.3) is 5.91 Å². The molecule has 5 nitrogen and oxygen atoms in total. The van der Waals surface area contributed by atoms with Gasteiger partial charge >= 0.3 is 5.97 Å². The van der Waals surface area contributed by atoms with Gasteiger partial charge in [-0.1, -0.05) is 32.9 Å². The third kappa shape index (κ3) is 6.40. The number of hydrogen-bond acceptors (Lipinski definition) is 4. The molecule has 0 fully saturated rings. The maximum atomic E-state index is 11.6. The van der Waals surface area contributed by atoms with Crippen molar-refractivity contribution in [3.63, 3.8) is 0 Å². The zero-order chi connectivity index (χ0) is 15.9. The fourth-order valence-corrected chi connectivity index (χ4v) is 1.62. The van der Waals surface area contributed by atoms with Gasteiger partial charge in [-0.3, -0.25) is 4.79 Å². The number of hydrogen-bond donors (Lipinski definition) is 1. The van der Waals surface area contributed by atoms with Crippen molar-refractivity contribution in [1.29, 1.82) is 0 Å². The normalized spacial score (nSPS) is 11.0. The minimum atomic E-state index is -0.546. The number of benzene rings is 1. The Bertz CT molecular complexity index is 474. The molecule has 0 spiro atoms. The summed E-state index contributed by atoms with van der Waals surface area (Å²) in [5, 5.41) is 2.68. The number of carbonyl (C=O) groups excluding carboxylic acids is 2. The summed E-state index contributed by atoms with van der Waals surface area (Å²) in [6.07, 6.45) is 0. The van der Waals surface area contributed by atoms with E-state index >= 15 is 0 Å². The van der Waals surface area contributed by atoms with Gasteiger partial charge in [0, 0.05) is 12.3 Å². The smallest absolute Gasteiger partial charge is 0.332 e. The number of carbonyl (C=O) groups is 2. The number of esters is 1. The monoisotopic (exact) mass is 293 g/mol. The molecule has 0 atom stereocenters. The standard InChI is InChI=1S/C16H23NO4/c1-5-20-11-15(19)21-10-14(18)17-13-8-6-12(7-9-13)16(2,3)4/h6-9H,5,10-11H2,1-4H3,(H,17,18). The van der Waals surface area contributed by atoms with Crippen molar-refractivity contribution >= 4 is 17.6 Å². The van der Waals surface area contributed by atoms with Crippen LogP contribution in [0.4, 0.5) is 5.69 Å². The summed E-state index contributed by atoms with van der Waals surface area (Å²) in [6, 6.07) is 7.61. The molecule has 21 heavy (non-hydrogen) atoms. The first-order valence-corrected chi connectivity index (χ1v) is 6.96. The molecule has 1 amide bonds. The van der Waals surface area contributed by atoms with Gasteiger partial charge in [0.2, 0.25) is 0 Å². The van der Waals surface area contributed by atoms with Crippen LogP contribution in [0.2, 0.25) is 0 Å². The van der Waals surface area contributed by atoms with Gasteiger partial charge in [0.15, 0.2) is 6.61 Å². The zero-order valence-electron chi connectivity index (χ0n) is 13.1. The molecular formula is C16H23NO4. The molecule has 1 aromatic carbocycles. The molecule has 0 aliphatic heterocycles. The highest BCUT2D eigenvalue weighted by Gasteiger charge is 2.13. The summed E-state index contributed by atoms with van der Waals surface area (Å²) in [4.78, 5) is 22.8. The molecule has 0 unspecified atom stereocenters. The lowest BCUT2D eigenvalue weighted by Crippen LogP contribution is -2.23. The van der Waals surface area contributed by atoms with Crippen molar-refractivity contribution in [2.75, 3.05) is 25.1 Å². The van der Waals surface area contributed by atoms with Crippen molar-refractivity contribution in [3.8, 4) is 0 Å². The van der Waals surface area contributed by atoms with Crippen LogP contribution in [-0.4, -0.2) is 31.7 Å². The Hall–Kier alpha value is -1.88. The van der Waals surface area contributed by atoms with E-state index in [1.54, 1.807) is 6.92 Å². The third-order valence-electron chi connectivity index (χ3n) is 2.82. The molecule has 0 saturated heterocycles. The van der Waals surface area contributed by atoms with Crippen molar-refractivity contribution in [1.82, 2.24) is 0 Å². The third-order valence-corrected chi connectivity index (χ3v) is 2.82. The summed E-state index contributed by atoms with van der Waals surface area (Å²) < 4.78 is 9.66. The van der Waals surface area contributed by atoms with Gasteiger partial charge in [-0.2, -0.15) is 0 Å². The van der Waals surface area contributed by atoms with E-state index in [9.17, 15) is 9.59 Å². The molecule has 1 aromatic rings. The van der Waals surface area contributed by atoms with Crippen molar-refractivity contribution in [2.24, 2.45) is 0 Å². The number of anilines is 1. The van der Waals surface area contributed by atoms with Crippen LogP contribution in [0.3, 0.4) is 0 Å². The second-order valence-electron chi connectivity index (χ2n) is 5.67. The van der Waals surface area contributed by atoms with Gasteiger partial charge in [-0.15, -0.1) is 0 Å². The number of rotatable bonds is 6. The van der Waals surface area contributed by atoms with Gasteiger partial charge in [0.05, 0.1) is 0 Å². The Morgan fingerprint density at radius 3 is 2.24 bits per heavy atom. The van der Waals surface area contributed by atoms with Crippen LogP contribution in [0.1, 0.15) is 33.3 Å². The van der Waals surface area contributed by atoms with E-state index in [0.29, 0.717) is 12.3 Å². The highest BCUT2D eigenvalue weighted by molar-refractivity contribution is 5.92. The van der Waals surface area contributed by atoms with E-state index < -0.39 is 5.97 Å². The Balaban J connectivity index is 2.43. The predicted molar refractivity (Wildman–Crippen MR) is 81.2 cm³/mol. The van der Waals surface area contributed by atoms with Crippen LogP contribution in [-0.2, 0) is 24.5 Å². The quantitative estimate of drug-likeness (QED) is 0.818. The van der Waals surface area contributed by atoms with E-state index in [1.165, 1.54) is 5.56 Å². The Morgan fingerprint density at radius 1 is 1.10 bits per heavy atom. The SMILES string of the molecule is CCOCC(=O)OCC(=O)Nc1ccc(C(C)(C)C)cc1. The zero-order valence-corrected chi connectivity index (χ0v) is 13.1. The Morgan fingerprint density at radius 2 is 1.71 bits per heavy atom. The lowest BCUT2D eigenvalue weighted by atomic mass is 9.87. The molecule has 0 saturated carbocycles. The fourth-order valence-electron chi connectivity index (χ4n) is 1.62. The summed E-state index contributed by atoms with van der Waals surface area (Å²) in [6.45, 7) is 8.13. The Labute approximate surface area is 125 Å². The summed E-state index contributed by atoms with van der Waals surface area (Å²) in [5.41, 5.74) is 1.93. The molecule has 0 aromatic heterocycles. The van der Waals surface area contributed by atoms with Gasteiger partial charge < -0.3 is 14.8 Å². The first-order chi connectivity index (χ1) is 9.82. The molecular weight excluding hydrogens is 270 g/mol. The highest BCUT2D eigenvalue weighted by atomic mass is 16.6. The average molecular weight is 293 g/mol. The molecule has 0 aliphatic rings. The predicted octanol–water partition coefficient (Wildman–Crippen LogP) is 2.50. The van der Waals surface area contributed by atoms with Gasteiger partial charge in [0.1, 0.15) is 6.61 Å².